The molecule has 0 amide bonds. The monoisotopic (exact) mass is 991 g/mol. The summed E-state index contributed by atoms with van der Waals surface area (Å²) in [5, 5.41) is 0. The zero-order valence-electron chi connectivity index (χ0n) is 46.4. The Morgan fingerprint density at radius 3 is 0.792 bits per heavy atom. The van der Waals surface area contributed by atoms with Gasteiger partial charge >= 0.3 is 0 Å². The van der Waals surface area contributed by atoms with Crippen molar-refractivity contribution in [3.05, 3.63) is 107 Å². The molecule has 9 rings (SSSR count). The Kier molecular flexibility index (Phi) is 25.0. The Morgan fingerprint density at radius 2 is 0.514 bits per heavy atom. The maximum atomic E-state index is 14.0. The molecular formula is C69H105F3. The van der Waals surface area contributed by atoms with Gasteiger partial charge in [-0.25, -0.2) is 13.2 Å². The van der Waals surface area contributed by atoms with Gasteiger partial charge in [0.15, 0.2) is 0 Å². The van der Waals surface area contributed by atoms with Crippen LogP contribution in [0.5, 0.6) is 0 Å². The minimum Gasteiger partial charge on any atom is -0.207 e. The van der Waals surface area contributed by atoms with Crippen LogP contribution in [0.3, 0.4) is 0 Å². The number of unbranched alkanes of at least 4 members (excludes halogenated alkanes) is 6. The maximum absolute atomic E-state index is 14.0. The van der Waals surface area contributed by atoms with E-state index in [1.165, 1.54) is 231 Å². The van der Waals surface area contributed by atoms with E-state index in [0.29, 0.717) is 17.8 Å². The summed E-state index contributed by atoms with van der Waals surface area (Å²) in [5.41, 5.74) is 2.90. The van der Waals surface area contributed by atoms with Crippen molar-refractivity contribution in [3.63, 3.8) is 0 Å². The smallest absolute Gasteiger partial charge is 0.126 e. The van der Waals surface area contributed by atoms with Crippen LogP contribution in [0.15, 0.2) is 72.8 Å². The molecule has 6 fully saturated rings. The van der Waals surface area contributed by atoms with Crippen molar-refractivity contribution in [3.8, 4) is 0 Å². The minimum atomic E-state index is 0.00684. The van der Waals surface area contributed by atoms with Gasteiger partial charge in [-0.2, -0.15) is 0 Å². The van der Waals surface area contributed by atoms with Crippen molar-refractivity contribution in [2.24, 2.45) is 53.3 Å². The summed E-state index contributed by atoms with van der Waals surface area (Å²) in [5.74, 6) is 10.1. The molecule has 0 unspecified atom stereocenters. The Labute approximate surface area is 441 Å². The van der Waals surface area contributed by atoms with Crippen molar-refractivity contribution >= 4 is 0 Å². The van der Waals surface area contributed by atoms with Crippen molar-refractivity contribution in [2.75, 3.05) is 0 Å². The lowest BCUT2D eigenvalue weighted by Gasteiger charge is -2.38. The molecule has 0 N–H and O–H groups in total. The third-order valence-corrected chi connectivity index (χ3v) is 20.7. The lowest BCUT2D eigenvalue weighted by Crippen LogP contribution is -2.25. The van der Waals surface area contributed by atoms with E-state index in [-0.39, 0.29) is 17.5 Å². The van der Waals surface area contributed by atoms with E-state index < -0.39 is 0 Å². The molecule has 0 radical (unpaired) electrons. The highest BCUT2D eigenvalue weighted by atomic mass is 19.1. The molecule has 3 aromatic carbocycles. The topological polar surface area (TPSA) is 0 Å². The first-order valence-corrected chi connectivity index (χ1v) is 31.6. The lowest BCUT2D eigenvalue weighted by molar-refractivity contribution is 0.155. The van der Waals surface area contributed by atoms with E-state index >= 15 is 0 Å². The summed E-state index contributed by atoms with van der Waals surface area (Å²) in [4.78, 5) is 0. The SMILES string of the molecule is CCCCC1CCC(C2CCC(c3ccccc3F)CC2)CC1.CCCCCC1CCC(C2CCC(c3ccccc3F)CC2)CC1.CCCCCCC1CCC(C2CCC(c3ccccc3F)CC2)CC1. The highest BCUT2D eigenvalue weighted by molar-refractivity contribution is 5.24. The van der Waals surface area contributed by atoms with Crippen LogP contribution in [0, 0.1) is 70.7 Å². The zero-order valence-corrected chi connectivity index (χ0v) is 46.4. The molecule has 0 saturated heterocycles. The average molecular weight is 992 g/mol. The first kappa shape index (κ1) is 57.2. The van der Waals surface area contributed by atoms with Crippen molar-refractivity contribution in [1.82, 2.24) is 0 Å². The first-order valence-electron chi connectivity index (χ1n) is 31.6. The van der Waals surface area contributed by atoms with Crippen LogP contribution in [0.1, 0.15) is 286 Å². The first-order chi connectivity index (χ1) is 35.3. The van der Waals surface area contributed by atoms with Crippen LogP contribution >= 0.6 is 0 Å². The van der Waals surface area contributed by atoms with Crippen LogP contribution in [0.2, 0.25) is 0 Å². The quantitative estimate of drug-likeness (QED) is 0.111. The molecule has 0 nitrogen and oxygen atoms in total. The van der Waals surface area contributed by atoms with Crippen LogP contribution in [-0.2, 0) is 0 Å². The number of halogens is 3. The van der Waals surface area contributed by atoms with Crippen LogP contribution in [0.4, 0.5) is 13.2 Å². The normalized spacial score (nSPS) is 31.1. The molecule has 0 heterocycles. The van der Waals surface area contributed by atoms with Crippen molar-refractivity contribution < 1.29 is 13.2 Å². The second-order valence-corrected chi connectivity index (χ2v) is 25.2. The van der Waals surface area contributed by atoms with E-state index in [4.69, 9.17) is 0 Å². The summed E-state index contributed by atoms with van der Waals surface area (Å²) in [6, 6.07) is 22.3. The average Bonchev–Trinajstić information content (AvgIpc) is 3.43. The fourth-order valence-corrected chi connectivity index (χ4v) is 16.0. The minimum absolute atomic E-state index is 0.00684. The van der Waals surface area contributed by atoms with E-state index in [9.17, 15) is 13.2 Å². The van der Waals surface area contributed by atoms with E-state index in [1.54, 1.807) is 24.3 Å². The van der Waals surface area contributed by atoms with Crippen molar-refractivity contribution in [2.45, 2.75) is 270 Å². The molecule has 3 aromatic rings. The molecule has 0 atom stereocenters. The van der Waals surface area contributed by atoms with Gasteiger partial charge in [0, 0.05) is 0 Å². The van der Waals surface area contributed by atoms with Gasteiger partial charge in [-0.1, -0.05) is 191 Å². The second kappa shape index (κ2) is 31.5. The predicted octanol–water partition coefficient (Wildman–Crippen LogP) is 22.5. The van der Waals surface area contributed by atoms with Crippen LogP contribution < -0.4 is 0 Å². The van der Waals surface area contributed by atoms with Gasteiger partial charge in [0.05, 0.1) is 0 Å². The Bertz CT molecular complexity index is 1870. The molecule has 0 spiro atoms. The van der Waals surface area contributed by atoms with Gasteiger partial charge in [-0.15, -0.1) is 0 Å². The number of rotatable bonds is 18. The van der Waals surface area contributed by atoms with E-state index in [0.717, 1.165) is 70.0 Å². The molecule has 0 bridgehead atoms. The Hall–Kier alpha value is -2.55. The van der Waals surface area contributed by atoms with Crippen LogP contribution in [-0.4, -0.2) is 0 Å². The molecule has 3 heteroatoms. The summed E-state index contributed by atoms with van der Waals surface area (Å²) >= 11 is 0. The molecule has 0 aromatic heterocycles. The number of hydrogen-bond acceptors (Lipinski definition) is 0. The predicted molar refractivity (Wildman–Crippen MR) is 302 cm³/mol. The molecule has 6 saturated carbocycles. The second-order valence-electron chi connectivity index (χ2n) is 25.2. The summed E-state index contributed by atoms with van der Waals surface area (Å²) in [6.45, 7) is 6.90. The third kappa shape index (κ3) is 17.8. The molecule has 0 aliphatic heterocycles. The standard InChI is InChI=1S/C24H37F.C23H35F.C22H33F/c1-2-3-4-5-8-19-11-13-20(14-12-19)21-15-17-22(18-16-21)23-9-6-7-10-24(23)25;1-2-3-4-7-18-10-12-19(13-11-18)20-14-16-21(17-15-20)22-8-5-6-9-23(22)24;1-2-3-6-17-9-11-18(12-10-17)19-13-15-20(16-14-19)21-7-4-5-8-22(21)23/h6-7,9-10,19-22H,2-5,8,11-18H2,1H3;5-6,8-9,18-21H,2-4,7,10-17H2,1H3;4-5,7-8,17-20H,2-3,6,9-16H2,1H3. The van der Waals surface area contributed by atoms with Gasteiger partial charge in [-0.3, -0.25) is 0 Å². The van der Waals surface area contributed by atoms with E-state index in [1.807, 2.05) is 48.5 Å². The zero-order chi connectivity index (χ0) is 50.3. The molecule has 6 aliphatic rings. The molecule has 72 heavy (non-hydrogen) atoms. The van der Waals surface area contributed by atoms with Gasteiger partial charge < -0.3 is 0 Å². The summed E-state index contributed by atoms with van der Waals surface area (Å²) < 4.78 is 42.0. The van der Waals surface area contributed by atoms with Gasteiger partial charge in [-0.05, 0) is 221 Å². The number of hydrogen-bond donors (Lipinski definition) is 0. The number of benzene rings is 3. The Morgan fingerprint density at radius 1 is 0.278 bits per heavy atom. The fourth-order valence-electron chi connectivity index (χ4n) is 16.0. The Balaban J connectivity index is 0.000000159. The highest BCUT2D eigenvalue weighted by Crippen LogP contribution is 2.48. The lowest BCUT2D eigenvalue weighted by atomic mass is 9.68. The van der Waals surface area contributed by atoms with Gasteiger partial charge in [0.2, 0.25) is 0 Å². The van der Waals surface area contributed by atoms with Crippen molar-refractivity contribution in [1.29, 1.82) is 0 Å². The molecular weight excluding hydrogens is 886 g/mol. The van der Waals surface area contributed by atoms with E-state index in [2.05, 4.69) is 20.8 Å². The van der Waals surface area contributed by atoms with Gasteiger partial charge in [0.1, 0.15) is 17.5 Å². The van der Waals surface area contributed by atoms with Gasteiger partial charge in [0.25, 0.3) is 0 Å². The summed E-state index contributed by atoms with van der Waals surface area (Å²) in [6.07, 6.45) is 49.8. The maximum Gasteiger partial charge on any atom is 0.126 e. The highest BCUT2D eigenvalue weighted by Gasteiger charge is 2.35. The third-order valence-electron chi connectivity index (χ3n) is 20.7. The molecule has 402 valence electrons. The largest absolute Gasteiger partial charge is 0.207 e. The molecule has 6 aliphatic carbocycles. The summed E-state index contributed by atoms with van der Waals surface area (Å²) in [7, 11) is 0. The fraction of sp³-hybridized carbons (Fsp3) is 0.739. The van der Waals surface area contributed by atoms with Crippen LogP contribution in [0.25, 0.3) is 0 Å².